The maximum absolute atomic E-state index is 4.10. The van der Waals surface area contributed by atoms with Gasteiger partial charge in [-0.05, 0) is 40.6 Å². The van der Waals surface area contributed by atoms with Gasteiger partial charge in [0.2, 0.25) is 0 Å². The first kappa shape index (κ1) is 14.1. The molecule has 1 aromatic carbocycles. The van der Waals surface area contributed by atoms with Crippen LogP contribution in [-0.4, -0.2) is 26.2 Å². The van der Waals surface area contributed by atoms with Crippen molar-refractivity contribution in [2.45, 2.75) is 39.8 Å². The molecule has 0 radical (unpaired) electrons. The van der Waals surface area contributed by atoms with Gasteiger partial charge in [-0.3, -0.25) is 0 Å². The quantitative estimate of drug-likeness (QED) is 0.918. The monoisotopic (exact) mass is 323 g/mol. The highest BCUT2D eigenvalue weighted by molar-refractivity contribution is 9.10. The average Bonchev–Trinajstić information content (AvgIpc) is 2.84. The van der Waals surface area contributed by atoms with E-state index in [1.54, 1.807) is 4.68 Å². The van der Waals surface area contributed by atoms with Gasteiger partial charge in [0.25, 0.3) is 0 Å². The van der Waals surface area contributed by atoms with Crippen LogP contribution in [0.25, 0.3) is 5.69 Å². The number of tetrazole rings is 1. The zero-order valence-corrected chi connectivity index (χ0v) is 13.0. The number of benzene rings is 1. The molecular weight excluding hydrogens is 306 g/mol. The zero-order chi connectivity index (χ0) is 13.8. The van der Waals surface area contributed by atoms with Crippen LogP contribution < -0.4 is 5.32 Å². The number of hydrogen-bond acceptors (Lipinski definition) is 4. The summed E-state index contributed by atoms with van der Waals surface area (Å²) >= 11 is 3.50. The van der Waals surface area contributed by atoms with Crippen LogP contribution in [0.5, 0.6) is 0 Å². The predicted molar refractivity (Wildman–Crippen MR) is 78.2 cm³/mol. The number of aryl methyl sites for hydroxylation is 1. The van der Waals surface area contributed by atoms with Crippen LogP contribution in [0.15, 0.2) is 22.7 Å². The Balaban J connectivity index is 2.34. The highest BCUT2D eigenvalue weighted by Gasteiger charge is 2.11. The van der Waals surface area contributed by atoms with E-state index in [4.69, 9.17) is 0 Å². The number of nitrogens with zero attached hydrogens (tertiary/aromatic N) is 4. The molecule has 0 fully saturated rings. The van der Waals surface area contributed by atoms with Gasteiger partial charge >= 0.3 is 0 Å². The van der Waals surface area contributed by atoms with Crippen molar-refractivity contribution in [3.05, 3.63) is 34.1 Å². The molecule has 0 saturated carbocycles. The lowest BCUT2D eigenvalue weighted by Gasteiger charge is -2.11. The van der Waals surface area contributed by atoms with Gasteiger partial charge in [0.1, 0.15) is 0 Å². The minimum absolute atomic E-state index is 0.403. The molecule has 6 heteroatoms. The molecule has 0 saturated heterocycles. The Morgan fingerprint density at radius 2 is 2.16 bits per heavy atom. The minimum atomic E-state index is 0.403. The third-order valence-electron chi connectivity index (χ3n) is 2.85. The molecule has 0 aliphatic carbocycles. The van der Waals surface area contributed by atoms with Crippen LogP contribution >= 0.6 is 15.9 Å². The first-order valence-corrected chi connectivity index (χ1v) is 7.20. The number of aromatic nitrogens is 4. The van der Waals surface area contributed by atoms with Crippen molar-refractivity contribution in [3.8, 4) is 5.69 Å². The van der Waals surface area contributed by atoms with Crippen molar-refractivity contribution in [2.24, 2.45) is 0 Å². The molecule has 2 rings (SSSR count). The molecule has 1 aromatic heterocycles. The standard InChI is InChI=1S/C13H18BrN5/c1-4-10-7-11(14)5-6-12(10)19-13(16-17-18-19)8-15-9(2)3/h5-7,9,15H,4,8H2,1-3H3. The lowest BCUT2D eigenvalue weighted by Crippen LogP contribution is -2.24. The van der Waals surface area contributed by atoms with E-state index in [0.29, 0.717) is 12.6 Å². The van der Waals surface area contributed by atoms with Crippen LogP contribution in [0.2, 0.25) is 0 Å². The predicted octanol–water partition coefficient (Wildman–Crippen LogP) is 2.49. The van der Waals surface area contributed by atoms with Crippen LogP contribution in [-0.2, 0) is 13.0 Å². The van der Waals surface area contributed by atoms with Gasteiger partial charge in [-0.15, -0.1) is 5.10 Å². The van der Waals surface area contributed by atoms with Crippen LogP contribution in [0.4, 0.5) is 0 Å². The second kappa shape index (κ2) is 6.25. The molecule has 0 spiro atoms. The summed E-state index contributed by atoms with van der Waals surface area (Å²) in [6.45, 7) is 6.99. The molecule has 5 nitrogen and oxygen atoms in total. The molecular formula is C13H18BrN5. The van der Waals surface area contributed by atoms with Crippen LogP contribution in [0.3, 0.4) is 0 Å². The first-order chi connectivity index (χ1) is 9.11. The summed E-state index contributed by atoms with van der Waals surface area (Å²) in [5.41, 5.74) is 2.25. The molecule has 0 amide bonds. The van der Waals surface area contributed by atoms with Gasteiger partial charge in [0, 0.05) is 10.5 Å². The molecule has 19 heavy (non-hydrogen) atoms. The zero-order valence-electron chi connectivity index (χ0n) is 11.4. The van der Waals surface area contributed by atoms with E-state index in [0.717, 1.165) is 22.4 Å². The van der Waals surface area contributed by atoms with E-state index in [1.807, 2.05) is 12.1 Å². The molecule has 1 N–H and O–H groups in total. The second-order valence-electron chi connectivity index (χ2n) is 4.67. The van der Waals surface area contributed by atoms with Gasteiger partial charge < -0.3 is 5.32 Å². The molecule has 0 unspecified atom stereocenters. The number of halogens is 1. The number of hydrogen-bond donors (Lipinski definition) is 1. The summed E-state index contributed by atoms with van der Waals surface area (Å²) in [4.78, 5) is 0. The summed E-state index contributed by atoms with van der Waals surface area (Å²) in [5.74, 6) is 0.825. The van der Waals surface area contributed by atoms with Gasteiger partial charge in [-0.2, -0.15) is 4.68 Å². The summed E-state index contributed by atoms with van der Waals surface area (Å²) in [6, 6.07) is 6.56. The molecule has 0 aliphatic heterocycles. The first-order valence-electron chi connectivity index (χ1n) is 6.41. The van der Waals surface area contributed by atoms with Crippen molar-refractivity contribution < 1.29 is 0 Å². The maximum Gasteiger partial charge on any atom is 0.170 e. The van der Waals surface area contributed by atoms with Crippen LogP contribution in [0, 0.1) is 0 Å². The fourth-order valence-electron chi connectivity index (χ4n) is 1.84. The lowest BCUT2D eigenvalue weighted by atomic mass is 10.1. The normalized spacial score (nSPS) is 11.2. The van der Waals surface area contributed by atoms with E-state index in [2.05, 4.69) is 63.6 Å². The smallest absolute Gasteiger partial charge is 0.170 e. The Morgan fingerprint density at radius 3 is 2.84 bits per heavy atom. The van der Waals surface area contributed by atoms with Gasteiger partial charge in [-0.1, -0.05) is 36.7 Å². The Morgan fingerprint density at radius 1 is 1.37 bits per heavy atom. The van der Waals surface area contributed by atoms with Crippen molar-refractivity contribution in [2.75, 3.05) is 0 Å². The highest BCUT2D eigenvalue weighted by atomic mass is 79.9. The molecule has 0 bridgehead atoms. The lowest BCUT2D eigenvalue weighted by molar-refractivity contribution is 0.562. The van der Waals surface area contributed by atoms with E-state index in [1.165, 1.54) is 5.56 Å². The van der Waals surface area contributed by atoms with Crippen LogP contribution in [0.1, 0.15) is 32.2 Å². The van der Waals surface area contributed by atoms with E-state index in [-0.39, 0.29) is 0 Å². The SMILES string of the molecule is CCc1cc(Br)ccc1-n1nnnc1CNC(C)C. The topological polar surface area (TPSA) is 55.6 Å². The Bertz CT molecular complexity index is 550. The Kier molecular flexibility index (Phi) is 4.66. The average molecular weight is 324 g/mol. The molecule has 102 valence electrons. The summed E-state index contributed by atoms with van der Waals surface area (Å²) < 4.78 is 2.88. The fourth-order valence-corrected chi connectivity index (χ4v) is 2.25. The molecule has 1 heterocycles. The third kappa shape index (κ3) is 3.39. The largest absolute Gasteiger partial charge is 0.308 e. The molecule has 2 aromatic rings. The van der Waals surface area contributed by atoms with Crippen molar-refractivity contribution in [1.82, 2.24) is 25.5 Å². The van der Waals surface area contributed by atoms with E-state index >= 15 is 0 Å². The van der Waals surface area contributed by atoms with Gasteiger partial charge in [-0.25, -0.2) is 0 Å². The van der Waals surface area contributed by atoms with Crippen molar-refractivity contribution in [3.63, 3.8) is 0 Å². The summed E-state index contributed by atoms with van der Waals surface area (Å²) in [6.07, 6.45) is 0.936. The minimum Gasteiger partial charge on any atom is -0.308 e. The van der Waals surface area contributed by atoms with Crippen molar-refractivity contribution in [1.29, 1.82) is 0 Å². The Labute approximate surface area is 121 Å². The van der Waals surface area contributed by atoms with E-state index in [9.17, 15) is 0 Å². The van der Waals surface area contributed by atoms with Gasteiger partial charge in [0.15, 0.2) is 5.82 Å². The summed E-state index contributed by atoms with van der Waals surface area (Å²) in [5, 5.41) is 15.3. The van der Waals surface area contributed by atoms with Crippen molar-refractivity contribution >= 4 is 15.9 Å². The second-order valence-corrected chi connectivity index (χ2v) is 5.58. The summed E-state index contributed by atoms with van der Waals surface area (Å²) in [7, 11) is 0. The highest BCUT2D eigenvalue weighted by Crippen LogP contribution is 2.20. The van der Waals surface area contributed by atoms with Gasteiger partial charge in [0.05, 0.1) is 12.2 Å². The third-order valence-corrected chi connectivity index (χ3v) is 3.35. The molecule has 0 aliphatic rings. The number of rotatable bonds is 5. The van der Waals surface area contributed by atoms with E-state index < -0.39 is 0 Å². The fraction of sp³-hybridized carbons (Fsp3) is 0.462. The number of nitrogens with one attached hydrogen (secondary N) is 1. The Hall–Kier alpha value is -1.27. The maximum atomic E-state index is 4.10. The molecule has 0 atom stereocenters.